The van der Waals surface area contributed by atoms with Gasteiger partial charge in [-0.1, -0.05) is 0 Å². The molecule has 4 nitrogen and oxygen atoms in total. The molecule has 0 radical (unpaired) electrons. The highest BCUT2D eigenvalue weighted by molar-refractivity contribution is 6.06. The van der Waals surface area contributed by atoms with Crippen molar-refractivity contribution in [3.05, 3.63) is 66.5 Å². The van der Waals surface area contributed by atoms with Crippen molar-refractivity contribution in [2.24, 2.45) is 0 Å². The molecule has 3 rings (SSSR count). The zero-order valence-corrected chi connectivity index (χ0v) is 10.8. The van der Waals surface area contributed by atoms with Gasteiger partial charge in [0.05, 0.1) is 18.8 Å². The number of ketones is 1. The van der Waals surface area contributed by atoms with Crippen molar-refractivity contribution in [2.45, 2.75) is 6.92 Å². The lowest BCUT2D eigenvalue weighted by atomic mass is 10.1. The molecule has 4 heteroatoms. The fourth-order valence-corrected chi connectivity index (χ4v) is 1.86. The van der Waals surface area contributed by atoms with E-state index in [1.807, 2.05) is 19.1 Å². The molecule has 0 aliphatic rings. The maximum atomic E-state index is 11.9. The zero-order chi connectivity index (χ0) is 13.9. The van der Waals surface area contributed by atoms with Crippen LogP contribution in [0.15, 0.2) is 68.4 Å². The normalized spacial score (nSPS) is 11.8. The van der Waals surface area contributed by atoms with Gasteiger partial charge in [0.25, 0.3) is 0 Å². The van der Waals surface area contributed by atoms with E-state index in [-0.39, 0.29) is 5.78 Å². The van der Waals surface area contributed by atoms with E-state index < -0.39 is 0 Å². The molecule has 0 saturated heterocycles. The molecule has 0 N–H and O–H groups in total. The number of allylic oxidation sites excluding steroid dienone is 2. The summed E-state index contributed by atoms with van der Waals surface area (Å²) in [5.74, 6) is 1.43. The molecule has 20 heavy (non-hydrogen) atoms. The molecule has 0 aliphatic heterocycles. The van der Waals surface area contributed by atoms with Crippen LogP contribution in [0, 0.1) is 0 Å². The van der Waals surface area contributed by atoms with Crippen LogP contribution in [0.5, 0.6) is 0 Å². The summed E-state index contributed by atoms with van der Waals surface area (Å²) in [4.78, 5) is 11.9. The minimum Gasteiger partial charge on any atom is -0.461 e. The molecule has 0 spiro atoms. The van der Waals surface area contributed by atoms with Gasteiger partial charge in [-0.05, 0) is 48.9 Å². The van der Waals surface area contributed by atoms with Crippen LogP contribution in [0.2, 0.25) is 0 Å². The van der Waals surface area contributed by atoms with Crippen molar-refractivity contribution in [3.63, 3.8) is 0 Å². The van der Waals surface area contributed by atoms with Crippen molar-refractivity contribution in [3.8, 4) is 11.5 Å². The van der Waals surface area contributed by atoms with Gasteiger partial charge in [-0.2, -0.15) is 0 Å². The standard InChI is InChI=1S/C16H12O4/c1-11(8-13(17)14-4-2-6-18-14)12-9-16(20-10-12)15-5-3-7-19-15/h2-10H,1H3/b11-8+. The summed E-state index contributed by atoms with van der Waals surface area (Å²) in [6.07, 6.45) is 6.18. The molecular weight excluding hydrogens is 256 g/mol. The lowest BCUT2D eigenvalue weighted by molar-refractivity contribution is 0.102. The fourth-order valence-electron chi connectivity index (χ4n) is 1.86. The second kappa shape index (κ2) is 5.09. The van der Waals surface area contributed by atoms with Crippen LogP contribution >= 0.6 is 0 Å². The first kappa shape index (κ1) is 12.3. The first-order valence-corrected chi connectivity index (χ1v) is 6.13. The van der Waals surface area contributed by atoms with Gasteiger partial charge >= 0.3 is 0 Å². The first-order valence-electron chi connectivity index (χ1n) is 6.13. The Bertz CT molecular complexity index is 727. The quantitative estimate of drug-likeness (QED) is 0.519. The van der Waals surface area contributed by atoms with Crippen LogP contribution in [0.25, 0.3) is 17.1 Å². The summed E-state index contributed by atoms with van der Waals surface area (Å²) in [6.45, 7) is 1.84. The summed E-state index contributed by atoms with van der Waals surface area (Å²) >= 11 is 0. The molecule has 3 aromatic heterocycles. The summed E-state index contributed by atoms with van der Waals surface area (Å²) in [7, 11) is 0. The van der Waals surface area contributed by atoms with Crippen molar-refractivity contribution in [1.29, 1.82) is 0 Å². The molecule has 3 heterocycles. The van der Waals surface area contributed by atoms with E-state index >= 15 is 0 Å². The first-order chi connectivity index (χ1) is 9.74. The molecule has 0 bridgehead atoms. The SMILES string of the molecule is C/C(=C\C(=O)c1ccco1)c1coc(-c2ccco2)c1. The molecule has 3 aromatic rings. The Balaban J connectivity index is 1.84. The second-order valence-electron chi connectivity index (χ2n) is 4.35. The van der Waals surface area contributed by atoms with E-state index in [1.54, 1.807) is 30.7 Å². The van der Waals surface area contributed by atoms with Crippen molar-refractivity contribution in [1.82, 2.24) is 0 Å². The largest absolute Gasteiger partial charge is 0.461 e. The molecule has 0 atom stereocenters. The Labute approximate surface area is 115 Å². The van der Waals surface area contributed by atoms with Gasteiger partial charge in [-0.3, -0.25) is 4.79 Å². The van der Waals surface area contributed by atoms with Gasteiger partial charge in [-0.25, -0.2) is 0 Å². The van der Waals surface area contributed by atoms with Crippen LogP contribution in [-0.2, 0) is 0 Å². The van der Waals surface area contributed by atoms with Crippen molar-refractivity contribution >= 4 is 11.4 Å². The molecule has 0 unspecified atom stereocenters. The van der Waals surface area contributed by atoms with E-state index in [9.17, 15) is 4.79 Å². The Morgan fingerprint density at radius 1 is 1.05 bits per heavy atom. The van der Waals surface area contributed by atoms with Crippen LogP contribution in [0.4, 0.5) is 0 Å². The van der Waals surface area contributed by atoms with Crippen LogP contribution < -0.4 is 0 Å². The Morgan fingerprint density at radius 3 is 2.55 bits per heavy atom. The van der Waals surface area contributed by atoms with Crippen molar-refractivity contribution < 1.29 is 18.0 Å². The predicted molar refractivity (Wildman–Crippen MR) is 73.1 cm³/mol. The monoisotopic (exact) mass is 268 g/mol. The third-order valence-corrected chi connectivity index (χ3v) is 2.93. The highest BCUT2D eigenvalue weighted by Crippen LogP contribution is 2.26. The number of carbonyl (C=O) groups excluding carboxylic acids is 1. The van der Waals surface area contributed by atoms with Gasteiger partial charge in [0.2, 0.25) is 5.78 Å². The highest BCUT2D eigenvalue weighted by Gasteiger charge is 2.10. The van der Waals surface area contributed by atoms with E-state index in [1.165, 1.54) is 12.3 Å². The number of carbonyl (C=O) groups is 1. The minimum atomic E-state index is -0.173. The topological polar surface area (TPSA) is 56.5 Å². The summed E-state index contributed by atoms with van der Waals surface area (Å²) in [6, 6.07) is 8.76. The van der Waals surface area contributed by atoms with Crippen molar-refractivity contribution in [2.75, 3.05) is 0 Å². The Kier molecular flexibility index (Phi) is 3.13. The van der Waals surface area contributed by atoms with E-state index in [0.29, 0.717) is 17.3 Å². The van der Waals surface area contributed by atoms with Crippen LogP contribution in [-0.4, -0.2) is 5.78 Å². The zero-order valence-electron chi connectivity index (χ0n) is 10.8. The summed E-state index contributed by atoms with van der Waals surface area (Å²) < 4.78 is 15.8. The molecule has 0 saturated carbocycles. The predicted octanol–water partition coefficient (Wildman–Crippen LogP) is 4.42. The third kappa shape index (κ3) is 2.36. The van der Waals surface area contributed by atoms with E-state index in [2.05, 4.69) is 0 Å². The third-order valence-electron chi connectivity index (χ3n) is 2.93. The summed E-state index contributed by atoms with van der Waals surface area (Å²) in [5.41, 5.74) is 1.63. The molecular formula is C16H12O4. The smallest absolute Gasteiger partial charge is 0.221 e. The van der Waals surface area contributed by atoms with Gasteiger partial charge < -0.3 is 13.3 Å². The average Bonchev–Trinajstić information content (AvgIpc) is 3.19. The van der Waals surface area contributed by atoms with Crippen LogP contribution in [0.3, 0.4) is 0 Å². The molecule has 0 fully saturated rings. The Morgan fingerprint density at radius 2 is 1.85 bits per heavy atom. The molecule has 0 aliphatic carbocycles. The molecule has 0 amide bonds. The van der Waals surface area contributed by atoms with E-state index in [0.717, 1.165) is 11.1 Å². The van der Waals surface area contributed by atoms with E-state index in [4.69, 9.17) is 13.3 Å². The molecule has 0 aromatic carbocycles. The second-order valence-corrected chi connectivity index (χ2v) is 4.35. The lowest BCUT2D eigenvalue weighted by Crippen LogP contribution is -1.92. The number of furan rings is 3. The highest BCUT2D eigenvalue weighted by atomic mass is 16.4. The van der Waals surface area contributed by atoms with Gasteiger partial charge in [0, 0.05) is 5.56 Å². The van der Waals surface area contributed by atoms with Gasteiger partial charge in [0.1, 0.15) is 0 Å². The Hall–Kier alpha value is -2.75. The number of rotatable bonds is 4. The van der Waals surface area contributed by atoms with Crippen LogP contribution in [0.1, 0.15) is 23.0 Å². The number of hydrogen-bond acceptors (Lipinski definition) is 4. The number of hydrogen-bond donors (Lipinski definition) is 0. The lowest BCUT2D eigenvalue weighted by Gasteiger charge is -1.94. The average molecular weight is 268 g/mol. The van der Waals surface area contributed by atoms with Gasteiger partial charge in [0.15, 0.2) is 17.3 Å². The molecule has 100 valence electrons. The van der Waals surface area contributed by atoms with Gasteiger partial charge in [-0.15, -0.1) is 0 Å². The maximum absolute atomic E-state index is 11.9. The summed E-state index contributed by atoms with van der Waals surface area (Å²) in [5, 5.41) is 0. The minimum absolute atomic E-state index is 0.173. The maximum Gasteiger partial charge on any atom is 0.221 e. The fraction of sp³-hybridized carbons (Fsp3) is 0.0625.